The van der Waals surface area contributed by atoms with E-state index in [9.17, 15) is 19.2 Å². The van der Waals surface area contributed by atoms with Crippen molar-refractivity contribution in [3.63, 3.8) is 0 Å². The highest BCUT2D eigenvalue weighted by Crippen LogP contribution is 2.34. The predicted octanol–water partition coefficient (Wildman–Crippen LogP) is 4.00. The molecular weight excluding hydrogens is 486 g/mol. The highest BCUT2D eigenvalue weighted by atomic mass is 16.5. The van der Waals surface area contributed by atoms with Gasteiger partial charge in [0, 0.05) is 46.4 Å². The van der Waals surface area contributed by atoms with Crippen LogP contribution in [0.3, 0.4) is 0 Å². The molecule has 0 fully saturated rings. The zero-order valence-electron chi connectivity index (χ0n) is 21.8. The van der Waals surface area contributed by atoms with Gasteiger partial charge in [-0.05, 0) is 56.7 Å². The van der Waals surface area contributed by atoms with Gasteiger partial charge in [-0.2, -0.15) is 0 Å². The van der Waals surface area contributed by atoms with Gasteiger partial charge in [-0.15, -0.1) is 0 Å². The zero-order chi connectivity index (χ0) is 27.2. The average molecular weight is 518 g/mol. The Balaban J connectivity index is 1.52. The van der Waals surface area contributed by atoms with Gasteiger partial charge in [-0.25, -0.2) is 0 Å². The van der Waals surface area contributed by atoms with Gasteiger partial charge in [0.1, 0.15) is 13.1 Å². The number of imide groups is 1. The number of carbonyl (C=O) groups excluding carboxylic acids is 4. The predicted molar refractivity (Wildman–Crippen MR) is 144 cm³/mol. The standard InChI is InChI=1S/C29H31N3O6/c1-4-32-28(35)22-9-7-8-21-24(15-14-23(27(21)22)29(32)36)30-16-19-10-12-20(13-11-19)31(17-25(33)37-5-2)18-26(34)38-6-3/h7-15,30H,4-6,16-18H2,1-3H3. The molecule has 0 bridgehead atoms. The van der Waals surface area contributed by atoms with Crippen molar-refractivity contribution in [1.82, 2.24) is 4.90 Å². The first kappa shape index (κ1) is 26.7. The molecule has 1 heterocycles. The lowest BCUT2D eigenvalue weighted by atomic mass is 9.93. The number of ether oxygens (including phenoxy) is 2. The maximum absolute atomic E-state index is 12.9. The van der Waals surface area contributed by atoms with E-state index >= 15 is 0 Å². The normalized spacial score (nSPS) is 12.4. The highest BCUT2D eigenvalue weighted by Gasteiger charge is 2.32. The second kappa shape index (κ2) is 11.8. The number of hydrogen-bond donors (Lipinski definition) is 1. The minimum Gasteiger partial charge on any atom is -0.465 e. The molecule has 0 saturated carbocycles. The van der Waals surface area contributed by atoms with Gasteiger partial charge >= 0.3 is 11.9 Å². The molecule has 198 valence electrons. The van der Waals surface area contributed by atoms with Gasteiger partial charge < -0.3 is 19.7 Å². The minimum absolute atomic E-state index is 0.0716. The number of amides is 2. The Labute approximate surface area is 221 Å². The number of anilines is 2. The third-order valence-electron chi connectivity index (χ3n) is 6.34. The number of esters is 2. The van der Waals surface area contributed by atoms with Crippen LogP contribution in [0.4, 0.5) is 11.4 Å². The van der Waals surface area contributed by atoms with E-state index in [0.717, 1.165) is 16.6 Å². The lowest BCUT2D eigenvalue weighted by Gasteiger charge is -2.27. The Morgan fingerprint density at radius 1 is 0.816 bits per heavy atom. The maximum Gasteiger partial charge on any atom is 0.325 e. The zero-order valence-corrected chi connectivity index (χ0v) is 21.8. The first-order valence-corrected chi connectivity index (χ1v) is 12.7. The molecular formula is C29H31N3O6. The molecule has 0 unspecified atom stereocenters. The van der Waals surface area contributed by atoms with Crippen LogP contribution in [-0.2, 0) is 25.6 Å². The summed E-state index contributed by atoms with van der Waals surface area (Å²) in [6.45, 7) is 6.42. The molecule has 0 saturated heterocycles. The van der Waals surface area contributed by atoms with Crippen LogP contribution in [0.5, 0.6) is 0 Å². The summed E-state index contributed by atoms with van der Waals surface area (Å²) in [6, 6.07) is 16.6. The van der Waals surface area contributed by atoms with E-state index in [1.807, 2.05) is 42.5 Å². The Morgan fingerprint density at radius 2 is 1.42 bits per heavy atom. The van der Waals surface area contributed by atoms with Crippen molar-refractivity contribution in [3.8, 4) is 0 Å². The van der Waals surface area contributed by atoms with E-state index in [0.29, 0.717) is 35.3 Å². The summed E-state index contributed by atoms with van der Waals surface area (Å²) in [6.07, 6.45) is 0. The summed E-state index contributed by atoms with van der Waals surface area (Å²) in [4.78, 5) is 52.7. The molecule has 38 heavy (non-hydrogen) atoms. The number of rotatable bonds is 11. The second-order valence-corrected chi connectivity index (χ2v) is 8.73. The Morgan fingerprint density at radius 3 is 2.00 bits per heavy atom. The van der Waals surface area contributed by atoms with E-state index in [1.54, 1.807) is 37.8 Å². The van der Waals surface area contributed by atoms with Crippen LogP contribution in [-0.4, -0.2) is 61.5 Å². The van der Waals surface area contributed by atoms with Crippen molar-refractivity contribution in [2.75, 3.05) is 43.1 Å². The van der Waals surface area contributed by atoms with Crippen LogP contribution in [0, 0.1) is 0 Å². The van der Waals surface area contributed by atoms with E-state index in [2.05, 4.69) is 5.32 Å². The monoisotopic (exact) mass is 517 g/mol. The van der Waals surface area contributed by atoms with Gasteiger partial charge in [0.15, 0.2) is 0 Å². The molecule has 0 aromatic heterocycles. The van der Waals surface area contributed by atoms with Gasteiger partial charge in [0.05, 0.1) is 13.2 Å². The lowest BCUT2D eigenvalue weighted by molar-refractivity contribution is -0.142. The first-order chi connectivity index (χ1) is 18.4. The van der Waals surface area contributed by atoms with Crippen LogP contribution < -0.4 is 10.2 Å². The SMILES string of the molecule is CCOC(=O)CN(CC(=O)OCC)c1ccc(CNc2ccc3c4c(cccc24)C(=O)N(CC)C3=O)cc1. The van der Waals surface area contributed by atoms with E-state index in [4.69, 9.17) is 9.47 Å². The summed E-state index contributed by atoms with van der Waals surface area (Å²) >= 11 is 0. The molecule has 1 N–H and O–H groups in total. The lowest BCUT2D eigenvalue weighted by Crippen LogP contribution is -2.40. The second-order valence-electron chi connectivity index (χ2n) is 8.73. The molecule has 1 aliphatic heterocycles. The fourth-order valence-electron chi connectivity index (χ4n) is 4.57. The summed E-state index contributed by atoms with van der Waals surface area (Å²) in [7, 11) is 0. The molecule has 0 aliphatic carbocycles. The van der Waals surface area contributed by atoms with Gasteiger partial charge in [0.25, 0.3) is 11.8 Å². The first-order valence-electron chi connectivity index (χ1n) is 12.7. The highest BCUT2D eigenvalue weighted by molar-refractivity contribution is 6.26. The van der Waals surface area contributed by atoms with Crippen molar-refractivity contribution in [3.05, 3.63) is 71.3 Å². The number of hydrogen-bond acceptors (Lipinski definition) is 8. The quantitative estimate of drug-likeness (QED) is 0.301. The fraction of sp³-hybridized carbons (Fsp3) is 0.310. The molecule has 0 radical (unpaired) electrons. The Bertz CT molecular complexity index is 1330. The van der Waals surface area contributed by atoms with Crippen LogP contribution in [0.2, 0.25) is 0 Å². The maximum atomic E-state index is 12.9. The molecule has 3 aromatic rings. The van der Waals surface area contributed by atoms with E-state index in [1.165, 1.54) is 4.90 Å². The summed E-state index contributed by atoms with van der Waals surface area (Å²) in [5, 5.41) is 4.89. The molecule has 3 aromatic carbocycles. The molecule has 9 nitrogen and oxygen atoms in total. The molecule has 0 spiro atoms. The fourth-order valence-corrected chi connectivity index (χ4v) is 4.57. The van der Waals surface area contributed by atoms with Gasteiger partial charge in [-0.1, -0.05) is 24.3 Å². The van der Waals surface area contributed by atoms with Crippen LogP contribution >= 0.6 is 0 Å². The molecule has 9 heteroatoms. The Hall–Kier alpha value is -4.40. The van der Waals surface area contributed by atoms with Crippen LogP contribution in [0.25, 0.3) is 10.8 Å². The Kier molecular flexibility index (Phi) is 8.25. The largest absolute Gasteiger partial charge is 0.465 e. The number of nitrogens with zero attached hydrogens (tertiary/aromatic N) is 2. The van der Waals surface area contributed by atoms with Crippen molar-refractivity contribution in [1.29, 1.82) is 0 Å². The number of nitrogens with one attached hydrogen (secondary N) is 1. The molecule has 1 aliphatic rings. The van der Waals surface area contributed by atoms with Crippen molar-refractivity contribution in [2.24, 2.45) is 0 Å². The van der Waals surface area contributed by atoms with Crippen molar-refractivity contribution in [2.45, 2.75) is 27.3 Å². The molecule has 2 amide bonds. The van der Waals surface area contributed by atoms with Gasteiger partial charge in [-0.3, -0.25) is 24.1 Å². The van der Waals surface area contributed by atoms with E-state index in [-0.39, 0.29) is 38.1 Å². The van der Waals surface area contributed by atoms with Crippen molar-refractivity contribution >= 4 is 45.9 Å². The molecule has 0 atom stereocenters. The summed E-state index contributed by atoms with van der Waals surface area (Å²) < 4.78 is 10.1. The van der Waals surface area contributed by atoms with Crippen LogP contribution in [0.15, 0.2) is 54.6 Å². The number of benzene rings is 3. The summed E-state index contributed by atoms with van der Waals surface area (Å²) in [5.74, 6) is -1.41. The molecule has 4 rings (SSSR count). The van der Waals surface area contributed by atoms with Crippen LogP contribution in [0.1, 0.15) is 47.1 Å². The third-order valence-corrected chi connectivity index (χ3v) is 6.34. The summed E-state index contributed by atoms with van der Waals surface area (Å²) in [5.41, 5.74) is 3.51. The minimum atomic E-state index is -0.426. The smallest absolute Gasteiger partial charge is 0.325 e. The third kappa shape index (κ3) is 5.46. The van der Waals surface area contributed by atoms with Gasteiger partial charge in [0.2, 0.25) is 0 Å². The van der Waals surface area contributed by atoms with E-state index < -0.39 is 11.9 Å². The average Bonchev–Trinajstić information content (AvgIpc) is 2.91. The topological polar surface area (TPSA) is 105 Å². The number of carbonyl (C=O) groups is 4. The van der Waals surface area contributed by atoms with Crippen molar-refractivity contribution < 1.29 is 28.7 Å².